The van der Waals surface area contributed by atoms with E-state index in [1.165, 1.54) is 24.3 Å². The molecular formula is C11H13F2NO. The molecule has 0 saturated heterocycles. The summed E-state index contributed by atoms with van der Waals surface area (Å²) in [6.07, 6.45) is 0.216. The molecule has 1 rings (SSSR count). The number of amides is 1. The van der Waals surface area contributed by atoms with E-state index in [9.17, 15) is 13.6 Å². The maximum Gasteiger partial charge on any atom is 0.273 e. The normalized spacial score (nSPS) is 11.4. The van der Waals surface area contributed by atoms with Gasteiger partial charge in [0.15, 0.2) is 0 Å². The first-order valence-corrected chi connectivity index (χ1v) is 4.75. The lowest BCUT2D eigenvalue weighted by Crippen LogP contribution is -2.14. The van der Waals surface area contributed by atoms with Crippen molar-refractivity contribution in [1.29, 1.82) is 0 Å². The molecule has 0 saturated carbocycles. The van der Waals surface area contributed by atoms with Gasteiger partial charge in [-0.3, -0.25) is 4.79 Å². The fourth-order valence-corrected chi connectivity index (χ4v) is 1.34. The number of hydrogen-bond acceptors (Lipinski definition) is 1. The second-order valence-electron chi connectivity index (χ2n) is 3.40. The summed E-state index contributed by atoms with van der Waals surface area (Å²) in [6, 6.07) is 5.13. The molecule has 0 aliphatic carbocycles. The SMILES string of the molecule is CCCC(F)(F)c1ccc(C(N)=O)cc1. The molecule has 1 aromatic rings. The number of nitrogens with two attached hydrogens (primary N) is 1. The van der Waals surface area contributed by atoms with Gasteiger partial charge in [-0.05, 0) is 12.1 Å². The maximum atomic E-state index is 13.4. The molecule has 0 bridgehead atoms. The monoisotopic (exact) mass is 213 g/mol. The van der Waals surface area contributed by atoms with Gasteiger partial charge < -0.3 is 5.73 Å². The van der Waals surface area contributed by atoms with Crippen LogP contribution in [0, 0.1) is 0 Å². The van der Waals surface area contributed by atoms with Gasteiger partial charge in [-0.2, -0.15) is 0 Å². The summed E-state index contributed by atoms with van der Waals surface area (Å²) in [5.74, 6) is -3.44. The minimum Gasteiger partial charge on any atom is -0.366 e. The molecule has 0 spiro atoms. The van der Waals surface area contributed by atoms with Crippen LogP contribution >= 0.6 is 0 Å². The molecule has 4 heteroatoms. The van der Waals surface area contributed by atoms with Gasteiger partial charge in [0.25, 0.3) is 5.92 Å². The van der Waals surface area contributed by atoms with E-state index < -0.39 is 11.8 Å². The summed E-state index contributed by atoms with van der Waals surface area (Å²) in [7, 11) is 0. The van der Waals surface area contributed by atoms with Crippen molar-refractivity contribution in [1.82, 2.24) is 0 Å². The number of benzene rings is 1. The quantitative estimate of drug-likeness (QED) is 0.820. The van der Waals surface area contributed by atoms with Gasteiger partial charge >= 0.3 is 0 Å². The average Bonchev–Trinajstić information content (AvgIpc) is 2.18. The van der Waals surface area contributed by atoms with E-state index in [0.29, 0.717) is 6.42 Å². The summed E-state index contributed by atoms with van der Waals surface area (Å²) in [5, 5.41) is 0. The van der Waals surface area contributed by atoms with E-state index >= 15 is 0 Å². The molecule has 0 aliphatic heterocycles. The van der Waals surface area contributed by atoms with Crippen LogP contribution in [0.4, 0.5) is 8.78 Å². The van der Waals surface area contributed by atoms with Crippen LogP contribution in [0.15, 0.2) is 24.3 Å². The lowest BCUT2D eigenvalue weighted by molar-refractivity contribution is -0.0140. The summed E-state index contributed by atoms with van der Waals surface area (Å²) in [6.45, 7) is 1.70. The van der Waals surface area contributed by atoms with Crippen LogP contribution in [0.2, 0.25) is 0 Å². The smallest absolute Gasteiger partial charge is 0.273 e. The zero-order valence-electron chi connectivity index (χ0n) is 8.47. The van der Waals surface area contributed by atoms with Gasteiger partial charge in [-0.1, -0.05) is 25.5 Å². The molecule has 2 nitrogen and oxygen atoms in total. The Hall–Kier alpha value is -1.45. The second-order valence-corrected chi connectivity index (χ2v) is 3.40. The maximum absolute atomic E-state index is 13.4. The molecule has 82 valence electrons. The predicted octanol–water partition coefficient (Wildman–Crippen LogP) is 2.68. The summed E-state index contributed by atoms with van der Waals surface area (Å²) in [5.41, 5.74) is 5.17. The van der Waals surface area contributed by atoms with E-state index in [-0.39, 0.29) is 17.5 Å². The third kappa shape index (κ3) is 2.75. The van der Waals surface area contributed by atoms with Crippen molar-refractivity contribution in [3.63, 3.8) is 0 Å². The fraction of sp³-hybridized carbons (Fsp3) is 0.364. The molecule has 0 atom stereocenters. The van der Waals surface area contributed by atoms with Crippen LogP contribution in [0.3, 0.4) is 0 Å². The van der Waals surface area contributed by atoms with Crippen molar-refractivity contribution in [2.45, 2.75) is 25.7 Å². The summed E-state index contributed by atoms with van der Waals surface area (Å²) < 4.78 is 26.7. The number of alkyl halides is 2. The van der Waals surface area contributed by atoms with Crippen LogP contribution in [-0.4, -0.2) is 5.91 Å². The molecule has 2 N–H and O–H groups in total. The van der Waals surface area contributed by atoms with E-state index in [0.717, 1.165) is 0 Å². The average molecular weight is 213 g/mol. The first-order valence-electron chi connectivity index (χ1n) is 4.75. The van der Waals surface area contributed by atoms with Gasteiger partial charge in [0.2, 0.25) is 5.91 Å². The number of carbonyl (C=O) groups is 1. The fourth-order valence-electron chi connectivity index (χ4n) is 1.34. The highest BCUT2D eigenvalue weighted by molar-refractivity contribution is 5.92. The molecule has 0 unspecified atom stereocenters. The van der Waals surface area contributed by atoms with Crippen molar-refractivity contribution in [2.24, 2.45) is 5.73 Å². The summed E-state index contributed by atoms with van der Waals surface area (Å²) in [4.78, 5) is 10.7. The Labute approximate surface area is 87.1 Å². The van der Waals surface area contributed by atoms with Gasteiger partial charge in [0.05, 0.1) is 0 Å². The Kier molecular flexibility index (Phi) is 3.39. The van der Waals surface area contributed by atoms with Crippen molar-refractivity contribution >= 4 is 5.91 Å². The van der Waals surface area contributed by atoms with Gasteiger partial charge in [-0.25, -0.2) is 8.78 Å². The minimum absolute atomic E-state index is 0.0747. The highest BCUT2D eigenvalue weighted by atomic mass is 19.3. The van der Waals surface area contributed by atoms with E-state index in [2.05, 4.69) is 0 Å². The van der Waals surface area contributed by atoms with Gasteiger partial charge in [0, 0.05) is 17.5 Å². The molecule has 0 fully saturated rings. The Morgan fingerprint density at radius 1 is 1.33 bits per heavy atom. The van der Waals surface area contributed by atoms with Crippen molar-refractivity contribution < 1.29 is 13.6 Å². The molecule has 1 aromatic carbocycles. The highest BCUT2D eigenvalue weighted by Gasteiger charge is 2.29. The van der Waals surface area contributed by atoms with Crippen LogP contribution in [0.1, 0.15) is 35.7 Å². The van der Waals surface area contributed by atoms with Crippen LogP contribution < -0.4 is 5.73 Å². The van der Waals surface area contributed by atoms with E-state index in [4.69, 9.17) is 5.73 Å². The van der Waals surface area contributed by atoms with Crippen LogP contribution in [0.5, 0.6) is 0 Å². The lowest BCUT2D eigenvalue weighted by Gasteiger charge is -2.15. The molecule has 1 amide bonds. The predicted molar refractivity (Wildman–Crippen MR) is 53.8 cm³/mol. The van der Waals surface area contributed by atoms with Crippen molar-refractivity contribution in [3.05, 3.63) is 35.4 Å². The number of rotatable bonds is 4. The first kappa shape index (κ1) is 11.6. The highest BCUT2D eigenvalue weighted by Crippen LogP contribution is 2.32. The summed E-state index contributed by atoms with van der Waals surface area (Å²) >= 11 is 0. The van der Waals surface area contributed by atoms with Crippen molar-refractivity contribution in [3.8, 4) is 0 Å². The molecule has 0 aromatic heterocycles. The van der Waals surface area contributed by atoms with Gasteiger partial charge in [-0.15, -0.1) is 0 Å². The molecule has 0 aliphatic rings. The molecule has 0 radical (unpaired) electrons. The Balaban J connectivity index is 2.93. The number of carbonyl (C=O) groups excluding carboxylic acids is 1. The van der Waals surface area contributed by atoms with Crippen molar-refractivity contribution in [2.75, 3.05) is 0 Å². The van der Waals surface area contributed by atoms with E-state index in [1.807, 2.05) is 0 Å². The van der Waals surface area contributed by atoms with Crippen LogP contribution in [0.25, 0.3) is 0 Å². The second kappa shape index (κ2) is 4.38. The zero-order chi connectivity index (χ0) is 11.5. The largest absolute Gasteiger partial charge is 0.366 e. The Morgan fingerprint density at radius 3 is 2.27 bits per heavy atom. The molecular weight excluding hydrogens is 200 g/mol. The zero-order valence-corrected chi connectivity index (χ0v) is 8.47. The minimum atomic E-state index is -2.83. The third-order valence-corrected chi connectivity index (χ3v) is 2.16. The van der Waals surface area contributed by atoms with E-state index in [1.54, 1.807) is 6.92 Å². The number of hydrogen-bond donors (Lipinski definition) is 1. The Morgan fingerprint density at radius 2 is 1.87 bits per heavy atom. The Bertz CT molecular complexity index is 346. The number of halogens is 2. The number of primary amides is 1. The van der Waals surface area contributed by atoms with Gasteiger partial charge in [0.1, 0.15) is 0 Å². The van der Waals surface area contributed by atoms with Crippen LogP contribution in [-0.2, 0) is 5.92 Å². The lowest BCUT2D eigenvalue weighted by atomic mass is 10.0. The first-order chi connectivity index (χ1) is 6.97. The topological polar surface area (TPSA) is 43.1 Å². The standard InChI is InChI=1S/C11H13F2NO/c1-2-7-11(12,13)9-5-3-8(4-6-9)10(14)15/h3-6H,2,7H2,1H3,(H2,14,15). The third-order valence-electron chi connectivity index (χ3n) is 2.16. The molecule has 0 heterocycles. The molecule has 15 heavy (non-hydrogen) atoms.